The van der Waals surface area contributed by atoms with E-state index in [4.69, 9.17) is 0 Å². The van der Waals surface area contributed by atoms with E-state index in [9.17, 15) is 8.42 Å². The van der Waals surface area contributed by atoms with Crippen LogP contribution in [-0.4, -0.2) is 8.42 Å². The molecule has 0 N–H and O–H groups in total. The largest absolute Gasteiger partial charge is 0.219 e. The molecule has 0 amide bonds. The molecule has 2 nitrogen and oxygen atoms in total. The molecule has 2 rings (SSSR count). The summed E-state index contributed by atoms with van der Waals surface area (Å²) in [6.45, 7) is 5.98. The quantitative estimate of drug-likeness (QED) is 0.724. The van der Waals surface area contributed by atoms with Crippen LogP contribution in [-0.2, 0) is 9.84 Å². The van der Waals surface area contributed by atoms with Gasteiger partial charge >= 0.3 is 0 Å². The zero-order chi connectivity index (χ0) is 16.0. The molecule has 116 valence electrons. The second kappa shape index (κ2) is 7.41. The summed E-state index contributed by atoms with van der Waals surface area (Å²) in [5.74, 6) is 0.192. The minimum atomic E-state index is -3.45. The molecule has 0 saturated carbocycles. The first kappa shape index (κ1) is 16.5. The Morgan fingerprint density at radius 2 is 1.55 bits per heavy atom. The maximum Gasteiger partial charge on any atom is 0.202 e. The lowest BCUT2D eigenvalue weighted by molar-refractivity contribution is 0.585. The Balaban J connectivity index is 2.22. The maximum absolute atomic E-state index is 12.6. The third-order valence-electron chi connectivity index (χ3n) is 3.82. The minimum absolute atomic E-state index is 0.192. The fourth-order valence-corrected chi connectivity index (χ4v) is 3.88. The molecule has 0 fully saturated rings. The summed E-state index contributed by atoms with van der Waals surface area (Å²) in [6.07, 6.45) is 2.43. The van der Waals surface area contributed by atoms with Crippen molar-refractivity contribution in [2.75, 3.05) is 0 Å². The molecule has 0 radical (unpaired) electrons. The first-order chi connectivity index (χ1) is 10.6. The topological polar surface area (TPSA) is 34.1 Å². The predicted octanol–water partition coefficient (Wildman–Crippen LogP) is 4.95. The molecular weight excluding hydrogens is 292 g/mol. The van der Waals surface area contributed by atoms with E-state index in [0.717, 1.165) is 12.8 Å². The first-order valence-corrected chi connectivity index (χ1v) is 9.07. The lowest BCUT2D eigenvalue weighted by Gasteiger charge is -2.18. The van der Waals surface area contributed by atoms with Crippen LogP contribution in [0.3, 0.4) is 0 Å². The molecule has 0 heterocycles. The molecule has 0 aliphatic carbocycles. The SMILES string of the molecule is C=C(CC(CCC)c1ccccc1)S(=O)(=O)c1ccccc1. The number of hydrogen-bond acceptors (Lipinski definition) is 2. The highest BCUT2D eigenvalue weighted by molar-refractivity contribution is 7.95. The zero-order valence-electron chi connectivity index (χ0n) is 12.9. The van der Waals surface area contributed by atoms with Gasteiger partial charge in [0.25, 0.3) is 0 Å². The standard InChI is InChI=1S/C19H22O2S/c1-3-10-18(17-11-6-4-7-12-17)15-16(2)22(20,21)19-13-8-5-9-14-19/h4-9,11-14,18H,2-3,10,15H2,1H3. The summed E-state index contributed by atoms with van der Waals surface area (Å²) in [6, 6.07) is 18.6. The molecule has 0 aliphatic rings. The molecule has 2 aromatic carbocycles. The summed E-state index contributed by atoms with van der Waals surface area (Å²) in [5, 5.41) is 0. The van der Waals surface area contributed by atoms with Crippen molar-refractivity contribution in [3.63, 3.8) is 0 Å². The van der Waals surface area contributed by atoms with Crippen LogP contribution in [0.15, 0.2) is 77.0 Å². The van der Waals surface area contributed by atoms with Gasteiger partial charge in [-0.15, -0.1) is 0 Å². The van der Waals surface area contributed by atoms with Gasteiger partial charge in [0.2, 0.25) is 9.84 Å². The molecule has 0 spiro atoms. The minimum Gasteiger partial charge on any atom is -0.219 e. The predicted molar refractivity (Wildman–Crippen MR) is 91.5 cm³/mol. The van der Waals surface area contributed by atoms with E-state index in [1.165, 1.54) is 5.56 Å². The fourth-order valence-electron chi connectivity index (χ4n) is 2.61. The fraction of sp³-hybridized carbons (Fsp3) is 0.263. The van der Waals surface area contributed by atoms with Gasteiger partial charge in [-0.1, -0.05) is 68.5 Å². The molecule has 0 aromatic heterocycles. The van der Waals surface area contributed by atoms with E-state index in [1.54, 1.807) is 24.3 Å². The van der Waals surface area contributed by atoms with Crippen LogP contribution >= 0.6 is 0 Å². The highest BCUT2D eigenvalue weighted by Crippen LogP contribution is 2.31. The van der Waals surface area contributed by atoms with Gasteiger partial charge in [-0.3, -0.25) is 0 Å². The maximum atomic E-state index is 12.6. The van der Waals surface area contributed by atoms with Crippen molar-refractivity contribution in [1.82, 2.24) is 0 Å². The van der Waals surface area contributed by atoms with E-state index < -0.39 is 9.84 Å². The second-order valence-corrected chi connectivity index (χ2v) is 7.51. The van der Waals surface area contributed by atoms with Gasteiger partial charge in [-0.2, -0.15) is 0 Å². The van der Waals surface area contributed by atoms with Crippen molar-refractivity contribution >= 4 is 9.84 Å². The summed E-state index contributed by atoms with van der Waals surface area (Å²) in [5.41, 5.74) is 1.17. The van der Waals surface area contributed by atoms with Gasteiger partial charge in [-0.25, -0.2) is 8.42 Å². The summed E-state index contributed by atoms with van der Waals surface area (Å²) < 4.78 is 25.2. The lowest BCUT2D eigenvalue weighted by Crippen LogP contribution is -2.08. The van der Waals surface area contributed by atoms with Gasteiger partial charge in [0.15, 0.2) is 0 Å². The van der Waals surface area contributed by atoms with E-state index in [1.807, 2.05) is 24.3 Å². The van der Waals surface area contributed by atoms with Gasteiger partial charge in [0, 0.05) is 4.91 Å². The van der Waals surface area contributed by atoms with Crippen LogP contribution in [0.25, 0.3) is 0 Å². The Hall–Kier alpha value is -1.87. The van der Waals surface area contributed by atoms with E-state index >= 15 is 0 Å². The highest BCUT2D eigenvalue weighted by atomic mass is 32.2. The van der Waals surface area contributed by atoms with Crippen LogP contribution in [0.1, 0.15) is 37.7 Å². The number of sulfone groups is 1. The van der Waals surface area contributed by atoms with Crippen molar-refractivity contribution in [3.8, 4) is 0 Å². The number of hydrogen-bond donors (Lipinski definition) is 0. The van der Waals surface area contributed by atoms with Crippen molar-refractivity contribution in [1.29, 1.82) is 0 Å². The Morgan fingerprint density at radius 3 is 2.09 bits per heavy atom. The van der Waals surface area contributed by atoms with Crippen LogP contribution in [0.2, 0.25) is 0 Å². The molecule has 1 atom stereocenters. The average molecular weight is 314 g/mol. The Bertz CT molecular complexity index is 704. The summed E-state index contributed by atoms with van der Waals surface area (Å²) in [7, 11) is -3.45. The van der Waals surface area contributed by atoms with Crippen LogP contribution in [0.4, 0.5) is 0 Å². The molecule has 3 heteroatoms. The third-order valence-corrected chi connectivity index (χ3v) is 5.64. The monoisotopic (exact) mass is 314 g/mol. The highest BCUT2D eigenvalue weighted by Gasteiger charge is 2.22. The van der Waals surface area contributed by atoms with Crippen molar-refractivity contribution < 1.29 is 8.42 Å². The normalized spacial score (nSPS) is 12.8. The van der Waals surface area contributed by atoms with Crippen LogP contribution in [0, 0.1) is 0 Å². The Kier molecular flexibility index (Phi) is 5.56. The van der Waals surface area contributed by atoms with Crippen molar-refractivity contribution in [2.24, 2.45) is 0 Å². The number of allylic oxidation sites excluding steroid dienone is 1. The third kappa shape index (κ3) is 3.86. The first-order valence-electron chi connectivity index (χ1n) is 7.58. The molecule has 1 unspecified atom stereocenters. The van der Waals surface area contributed by atoms with E-state index in [-0.39, 0.29) is 5.92 Å². The molecule has 2 aromatic rings. The van der Waals surface area contributed by atoms with E-state index in [0.29, 0.717) is 16.2 Å². The molecule has 0 aliphatic heterocycles. The molecule has 0 bridgehead atoms. The van der Waals surface area contributed by atoms with Gasteiger partial charge in [-0.05, 0) is 36.5 Å². The van der Waals surface area contributed by atoms with Crippen LogP contribution < -0.4 is 0 Å². The van der Waals surface area contributed by atoms with Gasteiger partial charge < -0.3 is 0 Å². The Morgan fingerprint density at radius 1 is 1.00 bits per heavy atom. The van der Waals surface area contributed by atoms with E-state index in [2.05, 4.69) is 25.6 Å². The number of rotatable bonds is 7. The smallest absolute Gasteiger partial charge is 0.202 e. The van der Waals surface area contributed by atoms with Crippen LogP contribution in [0.5, 0.6) is 0 Å². The second-order valence-electron chi connectivity index (χ2n) is 5.46. The summed E-state index contributed by atoms with van der Waals surface area (Å²) in [4.78, 5) is 0.615. The van der Waals surface area contributed by atoms with Crippen molar-refractivity contribution in [2.45, 2.75) is 37.0 Å². The van der Waals surface area contributed by atoms with Gasteiger partial charge in [0.05, 0.1) is 4.90 Å². The number of benzene rings is 2. The van der Waals surface area contributed by atoms with Gasteiger partial charge in [0.1, 0.15) is 0 Å². The van der Waals surface area contributed by atoms with Crippen molar-refractivity contribution in [3.05, 3.63) is 77.7 Å². The summed E-state index contributed by atoms with van der Waals surface area (Å²) >= 11 is 0. The molecular formula is C19H22O2S. The molecule has 22 heavy (non-hydrogen) atoms. The Labute approximate surface area is 133 Å². The molecule has 0 saturated heterocycles. The average Bonchev–Trinajstić information content (AvgIpc) is 2.56. The lowest BCUT2D eigenvalue weighted by atomic mass is 9.91. The zero-order valence-corrected chi connectivity index (χ0v) is 13.7.